The molecule has 21 heavy (non-hydrogen) atoms. The second-order valence-electron chi connectivity index (χ2n) is 5.41. The second-order valence-corrected chi connectivity index (χ2v) is 7.74. The summed E-state index contributed by atoms with van der Waals surface area (Å²) in [6, 6.07) is 3.77. The Hall–Kier alpha value is -1.12. The fourth-order valence-corrected chi connectivity index (χ4v) is 3.74. The van der Waals surface area contributed by atoms with Gasteiger partial charge in [0.15, 0.2) is 0 Å². The fourth-order valence-electron chi connectivity index (χ4n) is 2.58. The summed E-state index contributed by atoms with van der Waals surface area (Å²) in [5.41, 5.74) is -0.222. The molecule has 0 bridgehead atoms. The standard InChI is InChI=1S/C13H18BFO5S/c1-21(18,19)11-4-2-3-9(7-11)20-10-5-6-12(14(16)17)13(15)8-10/h5-6,8-9,11,16-17H,2-4,7H2,1H3. The molecule has 0 aliphatic heterocycles. The highest BCUT2D eigenvalue weighted by atomic mass is 32.2. The lowest BCUT2D eigenvalue weighted by Crippen LogP contribution is -2.34. The average molecular weight is 316 g/mol. The summed E-state index contributed by atoms with van der Waals surface area (Å²) in [5.74, 6) is -0.506. The number of hydrogen-bond acceptors (Lipinski definition) is 5. The lowest BCUT2D eigenvalue weighted by atomic mass is 9.80. The SMILES string of the molecule is CS(=O)(=O)C1CCCC(Oc2ccc(B(O)O)c(F)c2)C1. The van der Waals surface area contributed by atoms with E-state index >= 15 is 0 Å². The molecule has 1 aliphatic rings. The van der Waals surface area contributed by atoms with E-state index < -0.39 is 28.0 Å². The van der Waals surface area contributed by atoms with Gasteiger partial charge in [0.25, 0.3) is 0 Å². The van der Waals surface area contributed by atoms with Crippen molar-refractivity contribution in [2.45, 2.75) is 37.0 Å². The molecule has 5 nitrogen and oxygen atoms in total. The van der Waals surface area contributed by atoms with Gasteiger partial charge in [-0.25, -0.2) is 12.8 Å². The average Bonchev–Trinajstić information content (AvgIpc) is 2.37. The zero-order valence-electron chi connectivity index (χ0n) is 11.7. The molecule has 0 spiro atoms. The molecule has 2 rings (SSSR count). The summed E-state index contributed by atoms with van der Waals surface area (Å²) in [6.45, 7) is 0. The molecule has 1 aromatic carbocycles. The molecule has 1 aliphatic carbocycles. The van der Waals surface area contributed by atoms with Crippen molar-refractivity contribution in [2.24, 2.45) is 0 Å². The Kier molecular flexibility index (Phi) is 4.90. The number of sulfone groups is 1. The van der Waals surface area contributed by atoms with Gasteiger partial charge in [0, 0.05) is 24.2 Å². The maximum absolute atomic E-state index is 13.6. The molecular weight excluding hydrogens is 298 g/mol. The van der Waals surface area contributed by atoms with E-state index in [4.69, 9.17) is 14.8 Å². The molecule has 8 heteroatoms. The van der Waals surface area contributed by atoms with Crippen molar-refractivity contribution in [3.05, 3.63) is 24.0 Å². The smallest absolute Gasteiger partial charge is 0.490 e. The van der Waals surface area contributed by atoms with Gasteiger partial charge in [-0.05, 0) is 25.3 Å². The summed E-state index contributed by atoms with van der Waals surface area (Å²) < 4.78 is 42.4. The van der Waals surface area contributed by atoms with Crippen molar-refractivity contribution >= 4 is 22.4 Å². The van der Waals surface area contributed by atoms with Gasteiger partial charge in [0.05, 0.1) is 11.4 Å². The van der Waals surface area contributed by atoms with Crippen molar-refractivity contribution < 1.29 is 27.6 Å². The van der Waals surface area contributed by atoms with Crippen LogP contribution in [0.2, 0.25) is 0 Å². The molecule has 0 heterocycles. The Labute approximate surface area is 123 Å². The van der Waals surface area contributed by atoms with Crippen LogP contribution in [-0.4, -0.2) is 43.2 Å². The van der Waals surface area contributed by atoms with E-state index in [1.165, 1.54) is 18.4 Å². The van der Waals surface area contributed by atoms with Crippen LogP contribution in [0.15, 0.2) is 18.2 Å². The fraction of sp³-hybridized carbons (Fsp3) is 0.538. The van der Waals surface area contributed by atoms with Crippen molar-refractivity contribution in [1.29, 1.82) is 0 Å². The van der Waals surface area contributed by atoms with E-state index in [0.29, 0.717) is 12.8 Å². The summed E-state index contributed by atoms with van der Waals surface area (Å²) in [7, 11) is -4.97. The molecule has 2 unspecified atom stereocenters. The van der Waals surface area contributed by atoms with Gasteiger partial charge >= 0.3 is 7.12 Å². The molecule has 116 valence electrons. The lowest BCUT2D eigenvalue weighted by Gasteiger charge is -2.28. The highest BCUT2D eigenvalue weighted by molar-refractivity contribution is 7.91. The molecule has 2 N–H and O–H groups in total. The summed E-state index contributed by atoms with van der Waals surface area (Å²) in [4.78, 5) is 0. The van der Waals surface area contributed by atoms with Crippen molar-refractivity contribution in [3.8, 4) is 5.75 Å². The number of halogens is 1. The van der Waals surface area contributed by atoms with E-state index in [0.717, 1.165) is 18.9 Å². The number of hydrogen-bond donors (Lipinski definition) is 2. The van der Waals surface area contributed by atoms with Crippen molar-refractivity contribution in [2.75, 3.05) is 6.26 Å². The Morgan fingerprint density at radius 1 is 1.33 bits per heavy atom. The van der Waals surface area contributed by atoms with E-state index in [1.54, 1.807) is 0 Å². The first-order chi connectivity index (χ1) is 9.77. The molecule has 0 amide bonds. The highest BCUT2D eigenvalue weighted by Gasteiger charge is 2.30. The number of ether oxygens (including phenoxy) is 1. The minimum absolute atomic E-state index is 0.222. The molecule has 1 fully saturated rings. The zero-order chi connectivity index (χ0) is 15.6. The maximum atomic E-state index is 13.6. The Morgan fingerprint density at radius 3 is 2.62 bits per heavy atom. The molecular formula is C13H18BFO5S. The predicted octanol–water partition coefficient (Wildman–Crippen LogP) is 0.240. The highest BCUT2D eigenvalue weighted by Crippen LogP contribution is 2.27. The normalized spacial score (nSPS) is 22.9. The van der Waals surface area contributed by atoms with E-state index in [1.807, 2.05) is 0 Å². The zero-order valence-corrected chi connectivity index (χ0v) is 12.5. The maximum Gasteiger partial charge on any atom is 0.491 e. The monoisotopic (exact) mass is 316 g/mol. The van der Waals surface area contributed by atoms with Crippen LogP contribution in [0.3, 0.4) is 0 Å². The lowest BCUT2D eigenvalue weighted by molar-refractivity contribution is 0.156. The largest absolute Gasteiger partial charge is 0.491 e. The van der Waals surface area contributed by atoms with E-state index in [2.05, 4.69) is 0 Å². The van der Waals surface area contributed by atoms with E-state index in [-0.39, 0.29) is 17.3 Å². The van der Waals surface area contributed by atoms with Gasteiger partial charge in [-0.1, -0.05) is 6.07 Å². The van der Waals surface area contributed by atoms with Crippen LogP contribution in [0.1, 0.15) is 25.7 Å². The van der Waals surface area contributed by atoms with Gasteiger partial charge in [0.1, 0.15) is 21.4 Å². The van der Waals surface area contributed by atoms with Crippen LogP contribution >= 0.6 is 0 Å². The quantitative estimate of drug-likeness (QED) is 0.778. The number of rotatable bonds is 4. The van der Waals surface area contributed by atoms with Crippen LogP contribution in [0.25, 0.3) is 0 Å². The Bertz CT molecular complexity index is 605. The van der Waals surface area contributed by atoms with Crippen LogP contribution in [0, 0.1) is 5.82 Å². The predicted molar refractivity (Wildman–Crippen MR) is 77.7 cm³/mol. The van der Waals surface area contributed by atoms with Gasteiger partial charge < -0.3 is 14.8 Å². The van der Waals surface area contributed by atoms with Crippen LogP contribution in [0.5, 0.6) is 5.75 Å². The van der Waals surface area contributed by atoms with Crippen molar-refractivity contribution in [1.82, 2.24) is 0 Å². The van der Waals surface area contributed by atoms with Gasteiger partial charge in [-0.3, -0.25) is 0 Å². The first-order valence-corrected chi connectivity index (χ1v) is 8.74. The molecule has 0 saturated heterocycles. The summed E-state index contributed by atoms with van der Waals surface area (Å²) >= 11 is 0. The van der Waals surface area contributed by atoms with Gasteiger partial charge in [-0.2, -0.15) is 0 Å². The third kappa shape index (κ3) is 4.18. The van der Waals surface area contributed by atoms with Gasteiger partial charge in [-0.15, -0.1) is 0 Å². The minimum atomic E-state index is -3.10. The van der Waals surface area contributed by atoms with Crippen LogP contribution in [0.4, 0.5) is 4.39 Å². The van der Waals surface area contributed by atoms with Crippen LogP contribution in [-0.2, 0) is 9.84 Å². The van der Waals surface area contributed by atoms with E-state index in [9.17, 15) is 12.8 Å². The Balaban J connectivity index is 2.06. The first kappa shape index (κ1) is 16.3. The second kappa shape index (κ2) is 6.33. The van der Waals surface area contributed by atoms with Crippen molar-refractivity contribution in [3.63, 3.8) is 0 Å². The first-order valence-electron chi connectivity index (χ1n) is 6.78. The third-order valence-electron chi connectivity index (χ3n) is 3.74. The number of benzene rings is 1. The molecule has 1 saturated carbocycles. The Morgan fingerprint density at radius 2 is 2.05 bits per heavy atom. The molecule has 0 radical (unpaired) electrons. The van der Waals surface area contributed by atoms with Gasteiger partial charge in [0.2, 0.25) is 0 Å². The summed E-state index contributed by atoms with van der Waals surface area (Å²) in [5, 5.41) is 17.5. The summed E-state index contributed by atoms with van der Waals surface area (Å²) in [6.07, 6.45) is 3.43. The molecule has 2 atom stereocenters. The third-order valence-corrected chi connectivity index (χ3v) is 5.38. The van der Waals surface area contributed by atoms with Crippen LogP contribution < -0.4 is 10.2 Å². The topological polar surface area (TPSA) is 83.8 Å². The minimum Gasteiger partial charge on any atom is -0.490 e. The molecule has 1 aromatic rings. The molecule has 0 aromatic heterocycles.